The van der Waals surface area contributed by atoms with Gasteiger partial charge in [0.2, 0.25) is 0 Å². The monoisotopic (exact) mass is 306 g/mol. The number of thioether (sulfide) groups is 1. The molecular formula is C13H13F3O3S. The lowest BCUT2D eigenvalue weighted by atomic mass is 10.0. The molecule has 0 spiro atoms. The molecule has 3 nitrogen and oxygen atoms in total. The van der Waals surface area contributed by atoms with Crippen LogP contribution in [0.5, 0.6) is 0 Å². The number of alkyl halides is 3. The van der Waals surface area contributed by atoms with Gasteiger partial charge >= 0.3 is 11.5 Å². The van der Waals surface area contributed by atoms with Crippen molar-refractivity contribution in [3.63, 3.8) is 0 Å². The Morgan fingerprint density at radius 1 is 1.40 bits per heavy atom. The second-order valence-electron chi connectivity index (χ2n) is 3.76. The van der Waals surface area contributed by atoms with Gasteiger partial charge in [0.15, 0.2) is 0 Å². The number of halogens is 3. The Morgan fingerprint density at radius 2 is 2.10 bits per heavy atom. The van der Waals surface area contributed by atoms with Crippen LogP contribution in [0.25, 0.3) is 0 Å². The molecule has 0 heterocycles. The fourth-order valence-corrected chi connectivity index (χ4v) is 2.38. The Morgan fingerprint density at radius 3 is 2.65 bits per heavy atom. The quantitative estimate of drug-likeness (QED) is 0.457. The molecule has 0 saturated carbocycles. The van der Waals surface area contributed by atoms with Crippen LogP contribution in [0.1, 0.15) is 29.3 Å². The van der Waals surface area contributed by atoms with E-state index in [9.17, 15) is 22.8 Å². The third-order valence-corrected chi connectivity index (χ3v) is 3.20. The van der Waals surface area contributed by atoms with Gasteiger partial charge in [-0.1, -0.05) is 6.07 Å². The molecule has 0 bridgehead atoms. The average Bonchev–Trinajstić information content (AvgIpc) is 2.35. The normalized spacial score (nSPS) is 11.2. The summed E-state index contributed by atoms with van der Waals surface area (Å²) >= 11 is -0.296. The summed E-state index contributed by atoms with van der Waals surface area (Å²) in [5.74, 6) is -0.682. The molecule has 0 aliphatic carbocycles. The zero-order valence-electron chi connectivity index (χ0n) is 10.7. The van der Waals surface area contributed by atoms with Crippen molar-refractivity contribution in [2.24, 2.45) is 0 Å². The molecule has 0 radical (unpaired) electrons. The SMILES string of the molecule is CCOC(=O)c1cccc(SC(F)(F)F)c1CCC=O. The summed E-state index contributed by atoms with van der Waals surface area (Å²) < 4.78 is 42.3. The maximum Gasteiger partial charge on any atom is 0.446 e. The smallest absolute Gasteiger partial charge is 0.446 e. The fourth-order valence-electron chi connectivity index (χ4n) is 1.65. The zero-order valence-corrected chi connectivity index (χ0v) is 11.5. The number of benzene rings is 1. The number of carbonyl (C=O) groups excluding carboxylic acids is 2. The number of rotatable bonds is 6. The van der Waals surface area contributed by atoms with Gasteiger partial charge in [-0.15, -0.1) is 0 Å². The van der Waals surface area contributed by atoms with Gasteiger partial charge < -0.3 is 9.53 Å². The molecule has 20 heavy (non-hydrogen) atoms. The Balaban J connectivity index is 3.18. The van der Waals surface area contributed by atoms with E-state index in [1.807, 2.05) is 0 Å². The third-order valence-electron chi connectivity index (χ3n) is 2.37. The van der Waals surface area contributed by atoms with E-state index in [1.165, 1.54) is 18.2 Å². The van der Waals surface area contributed by atoms with Crippen molar-refractivity contribution in [2.75, 3.05) is 6.61 Å². The number of hydrogen-bond acceptors (Lipinski definition) is 4. The lowest BCUT2D eigenvalue weighted by Gasteiger charge is -2.14. The largest absolute Gasteiger partial charge is 0.462 e. The molecule has 7 heteroatoms. The van der Waals surface area contributed by atoms with Gasteiger partial charge in [0.25, 0.3) is 0 Å². The highest BCUT2D eigenvalue weighted by molar-refractivity contribution is 8.00. The first-order chi connectivity index (χ1) is 9.39. The molecule has 1 rings (SSSR count). The molecule has 0 atom stereocenters. The van der Waals surface area contributed by atoms with Crippen LogP contribution in [0.15, 0.2) is 23.1 Å². The van der Waals surface area contributed by atoms with E-state index in [2.05, 4.69) is 0 Å². The molecule has 0 aromatic heterocycles. The first-order valence-corrected chi connectivity index (χ1v) is 6.69. The third kappa shape index (κ3) is 4.88. The summed E-state index contributed by atoms with van der Waals surface area (Å²) in [5.41, 5.74) is -4.19. The summed E-state index contributed by atoms with van der Waals surface area (Å²) in [7, 11) is 0. The van der Waals surface area contributed by atoms with Crippen LogP contribution >= 0.6 is 11.8 Å². The van der Waals surface area contributed by atoms with E-state index >= 15 is 0 Å². The molecule has 0 N–H and O–H groups in total. The van der Waals surface area contributed by atoms with Gasteiger partial charge in [-0.25, -0.2) is 4.79 Å². The van der Waals surface area contributed by atoms with E-state index in [1.54, 1.807) is 6.92 Å². The van der Waals surface area contributed by atoms with Gasteiger partial charge in [-0.05, 0) is 42.8 Å². The van der Waals surface area contributed by atoms with Crippen LogP contribution in [0, 0.1) is 0 Å². The lowest BCUT2D eigenvalue weighted by Crippen LogP contribution is -2.10. The van der Waals surface area contributed by atoms with Crippen molar-refractivity contribution in [1.82, 2.24) is 0 Å². The standard InChI is InChI=1S/C13H13F3O3S/c1-2-19-12(18)10-5-3-7-11(20-13(14,15)16)9(10)6-4-8-17/h3,5,7-8H,2,4,6H2,1H3. The second kappa shape index (κ2) is 7.33. The Labute approximate surface area is 118 Å². The predicted molar refractivity (Wildman–Crippen MR) is 68.7 cm³/mol. The van der Waals surface area contributed by atoms with Gasteiger partial charge in [-0.2, -0.15) is 13.2 Å². The maximum atomic E-state index is 12.5. The van der Waals surface area contributed by atoms with Gasteiger partial charge in [0, 0.05) is 11.3 Å². The van der Waals surface area contributed by atoms with Crippen molar-refractivity contribution in [2.45, 2.75) is 30.2 Å². The predicted octanol–water partition coefficient (Wildman–Crippen LogP) is 3.61. The minimum atomic E-state index is -4.46. The first kappa shape index (κ1) is 16.6. The van der Waals surface area contributed by atoms with Crippen LogP contribution in [0.4, 0.5) is 13.2 Å². The molecule has 0 saturated heterocycles. The van der Waals surface area contributed by atoms with Gasteiger partial charge in [-0.3, -0.25) is 0 Å². The van der Waals surface area contributed by atoms with Crippen molar-refractivity contribution in [3.8, 4) is 0 Å². The van der Waals surface area contributed by atoms with E-state index in [4.69, 9.17) is 4.74 Å². The van der Waals surface area contributed by atoms with Crippen LogP contribution < -0.4 is 0 Å². The first-order valence-electron chi connectivity index (χ1n) is 5.87. The number of carbonyl (C=O) groups is 2. The van der Waals surface area contributed by atoms with Crippen LogP contribution in [0.3, 0.4) is 0 Å². The van der Waals surface area contributed by atoms with E-state index < -0.39 is 11.5 Å². The Hall–Kier alpha value is -1.50. The van der Waals surface area contributed by atoms with Crippen molar-refractivity contribution in [3.05, 3.63) is 29.3 Å². The van der Waals surface area contributed by atoms with Crippen LogP contribution in [-0.2, 0) is 16.0 Å². The minimum absolute atomic E-state index is 0.0435. The molecule has 1 aromatic rings. The number of aldehydes is 1. The molecular weight excluding hydrogens is 293 g/mol. The molecule has 0 amide bonds. The zero-order chi connectivity index (χ0) is 15.2. The fraction of sp³-hybridized carbons (Fsp3) is 0.385. The number of ether oxygens (including phenoxy) is 1. The van der Waals surface area contributed by atoms with E-state index in [-0.39, 0.29) is 47.2 Å². The summed E-state index contributed by atoms with van der Waals surface area (Å²) in [4.78, 5) is 22.1. The highest BCUT2D eigenvalue weighted by Crippen LogP contribution is 2.39. The van der Waals surface area contributed by atoms with Crippen molar-refractivity contribution in [1.29, 1.82) is 0 Å². The van der Waals surface area contributed by atoms with E-state index in [0.29, 0.717) is 6.29 Å². The summed E-state index contributed by atoms with van der Waals surface area (Å²) in [5, 5.41) is 0. The highest BCUT2D eigenvalue weighted by atomic mass is 32.2. The minimum Gasteiger partial charge on any atom is -0.462 e. The average molecular weight is 306 g/mol. The van der Waals surface area contributed by atoms with E-state index in [0.717, 1.165) is 0 Å². The van der Waals surface area contributed by atoms with Crippen LogP contribution in [0.2, 0.25) is 0 Å². The Kier molecular flexibility index (Phi) is 6.06. The summed E-state index contributed by atoms with van der Waals surface area (Å²) in [6.45, 7) is 1.74. The molecule has 1 aromatic carbocycles. The second-order valence-corrected chi connectivity index (χ2v) is 4.86. The molecule has 0 aliphatic heterocycles. The van der Waals surface area contributed by atoms with Gasteiger partial charge in [0.1, 0.15) is 6.29 Å². The number of esters is 1. The van der Waals surface area contributed by atoms with Gasteiger partial charge in [0.05, 0.1) is 12.2 Å². The molecule has 110 valence electrons. The molecule has 0 aliphatic rings. The molecule has 0 unspecified atom stereocenters. The molecule has 0 fully saturated rings. The topological polar surface area (TPSA) is 43.4 Å². The summed E-state index contributed by atoms with van der Waals surface area (Å²) in [6, 6.07) is 4.05. The number of hydrogen-bond donors (Lipinski definition) is 0. The highest BCUT2D eigenvalue weighted by Gasteiger charge is 2.31. The summed E-state index contributed by atoms with van der Waals surface area (Å²) in [6.07, 6.45) is 0.711. The lowest BCUT2D eigenvalue weighted by molar-refractivity contribution is -0.107. The van der Waals surface area contributed by atoms with Crippen LogP contribution in [-0.4, -0.2) is 24.4 Å². The maximum absolute atomic E-state index is 12.5. The Bertz CT molecular complexity index is 486. The van der Waals surface area contributed by atoms with Crippen molar-refractivity contribution >= 4 is 24.0 Å². The van der Waals surface area contributed by atoms with Crippen molar-refractivity contribution < 1.29 is 27.5 Å².